The second-order valence-corrected chi connectivity index (χ2v) is 11.1. The van der Waals surface area contributed by atoms with Gasteiger partial charge < -0.3 is 9.30 Å². The van der Waals surface area contributed by atoms with Crippen LogP contribution in [0.5, 0.6) is 0 Å². The Kier molecular flexibility index (Phi) is 7.96. The number of carbonyl (C=O) groups excluding carboxylic acids is 2. The number of fused-ring (bicyclic) bond motifs is 1. The number of aromatic nitrogens is 1. The smallest absolute Gasteiger partial charge is 0.326 e. The highest BCUT2D eigenvalue weighted by Crippen LogP contribution is 2.21. The van der Waals surface area contributed by atoms with E-state index in [1.165, 1.54) is 52.3 Å². The number of halogens is 1. The SMILES string of the molecule is CCOC(=O)Cn1c(=NC(=O)c2ccc(S(=O)(=O)N(C)Cc3ccccc3)cc2)sc2cccc(F)c21. The summed E-state index contributed by atoms with van der Waals surface area (Å²) < 4.78 is 48.6. The highest BCUT2D eigenvalue weighted by molar-refractivity contribution is 7.89. The van der Waals surface area contributed by atoms with Crippen LogP contribution in [0, 0.1) is 5.82 Å². The molecule has 0 saturated carbocycles. The van der Waals surface area contributed by atoms with Crippen LogP contribution in [0.15, 0.2) is 82.7 Å². The zero-order valence-corrected chi connectivity index (χ0v) is 21.8. The predicted octanol–water partition coefficient (Wildman–Crippen LogP) is 3.97. The van der Waals surface area contributed by atoms with Crippen LogP contribution < -0.4 is 4.80 Å². The van der Waals surface area contributed by atoms with E-state index >= 15 is 0 Å². The number of ether oxygens (including phenoxy) is 1. The number of sulfonamides is 1. The van der Waals surface area contributed by atoms with Crippen molar-refractivity contribution < 1.29 is 27.1 Å². The number of amides is 1. The lowest BCUT2D eigenvalue weighted by molar-refractivity contribution is -0.143. The van der Waals surface area contributed by atoms with Gasteiger partial charge in [0.2, 0.25) is 10.0 Å². The molecule has 3 aromatic carbocycles. The molecule has 0 saturated heterocycles. The third-order valence-electron chi connectivity index (χ3n) is 5.50. The van der Waals surface area contributed by atoms with Gasteiger partial charge in [0.25, 0.3) is 5.91 Å². The van der Waals surface area contributed by atoms with Gasteiger partial charge in [-0.2, -0.15) is 9.30 Å². The molecule has 1 amide bonds. The topological polar surface area (TPSA) is 98.0 Å². The van der Waals surface area contributed by atoms with Crippen molar-refractivity contribution in [3.63, 3.8) is 0 Å². The van der Waals surface area contributed by atoms with Crippen LogP contribution in [-0.4, -0.2) is 42.8 Å². The first-order chi connectivity index (χ1) is 17.7. The lowest BCUT2D eigenvalue weighted by atomic mass is 10.2. The van der Waals surface area contributed by atoms with Crippen LogP contribution in [-0.2, 0) is 32.6 Å². The second kappa shape index (κ2) is 11.2. The van der Waals surface area contributed by atoms with Gasteiger partial charge in [0.15, 0.2) is 4.80 Å². The molecule has 4 aromatic rings. The van der Waals surface area contributed by atoms with E-state index in [-0.39, 0.29) is 40.5 Å². The van der Waals surface area contributed by atoms with Crippen LogP contribution in [0.4, 0.5) is 4.39 Å². The molecular formula is C26H24FN3O5S2. The number of esters is 1. The van der Waals surface area contributed by atoms with Crippen molar-refractivity contribution in [2.45, 2.75) is 24.9 Å². The molecule has 4 rings (SSSR count). The number of thiazole rings is 1. The average molecular weight is 542 g/mol. The molecule has 0 atom stereocenters. The number of hydrogen-bond donors (Lipinski definition) is 0. The summed E-state index contributed by atoms with van der Waals surface area (Å²) in [5.41, 5.74) is 1.13. The number of rotatable bonds is 8. The Morgan fingerprint density at radius 1 is 1.03 bits per heavy atom. The van der Waals surface area contributed by atoms with E-state index in [0.717, 1.165) is 16.9 Å². The number of hydrogen-bond acceptors (Lipinski definition) is 6. The fourth-order valence-corrected chi connectivity index (χ4v) is 5.88. The van der Waals surface area contributed by atoms with Gasteiger partial charge in [-0.25, -0.2) is 12.8 Å². The van der Waals surface area contributed by atoms with Crippen molar-refractivity contribution in [2.75, 3.05) is 13.7 Å². The maximum absolute atomic E-state index is 14.6. The largest absolute Gasteiger partial charge is 0.465 e. The molecule has 1 heterocycles. The lowest BCUT2D eigenvalue weighted by Crippen LogP contribution is -2.26. The van der Waals surface area contributed by atoms with Crippen molar-refractivity contribution in [3.05, 3.63) is 94.5 Å². The minimum Gasteiger partial charge on any atom is -0.465 e. The van der Waals surface area contributed by atoms with Gasteiger partial charge in [-0.1, -0.05) is 47.7 Å². The van der Waals surface area contributed by atoms with Crippen molar-refractivity contribution in [2.24, 2.45) is 4.99 Å². The summed E-state index contributed by atoms with van der Waals surface area (Å²) in [5.74, 6) is -1.80. The quantitative estimate of drug-likeness (QED) is 0.315. The number of para-hydroxylation sites is 1. The molecule has 192 valence electrons. The zero-order valence-electron chi connectivity index (χ0n) is 20.1. The molecule has 0 radical (unpaired) electrons. The minimum atomic E-state index is -3.79. The first-order valence-corrected chi connectivity index (χ1v) is 13.6. The lowest BCUT2D eigenvalue weighted by Gasteiger charge is -2.17. The molecule has 0 aliphatic heterocycles. The molecule has 0 aliphatic carbocycles. The van der Waals surface area contributed by atoms with E-state index in [1.807, 2.05) is 30.3 Å². The maximum Gasteiger partial charge on any atom is 0.326 e. The van der Waals surface area contributed by atoms with Gasteiger partial charge in [0.1, 0.15) is 12.4 Å². The summed E-state index contributed by atoms with van der Waals surface area (Å²) in [5, 5.41) is 0. The Hall–Kier alpha value is -3.67. The van der Waals surface area contributed by atoms with Gasteiger partial charge in [0, 0.05) is 19.2 Å². The molecule has 0 unspecified atom stereocenters. The van der Waals surface area contributed by atoms with Crippen LogP contribution in [0.25, 0.3) is 10.2 Å². The monoisotopic (exact) mass is 541 g/mol. The average Bonchev–Trinajstić information content (AvgIpc) is 3.22. The predicted molar refractivity (Wildman–Crippen MR) is 138 cm³/mol. The number of benzene rings is 3. The highest BCUT2D eigenvalue weighted by atomic mass is 32.2. The summed E-state index contributed by atoms with van der Waals surface area (Å²) in [4.78, 5) is 29.3. The molecule has 0 N–H and O–H groups in total. The van der Waals surface area contributed by atoms with Crippen molar-refractivity contribution in [1.82, 2.24) is 8.87 Å². The first-order valence-electron chi connectivity index (χ1n) is 11.3. The Balaban J connectivity index is 1.63. The van der Waals surface area contributed by atoms with Gasteiger partial charge >= 0.3 is 5.97 Å². The van der Waals surface area contributed by atoms with Crippen LogP contribution in [0.3, 0.4) is 0 Å². The van der Waals surface area contributed by atoms with Gasteiger partial charge in [-0.15, -0.1) is 0 Å². The van der Waals surface area contributed by atoms with Gasteiger partial charge in [0.05, 0.1) is 21.7 Å². The fraction of sp³-hybridized carbons (Fsp3) is 0.192. The van der Waals surface area contributed by atoms with E-state index < -0.39 is 27.7 Å². The zero-order chi connectivity index (χ0) is 26.6. The maximum atomic E-state index is 14.6. The fourth-order valence-electron chi connectivity index (χ4n) is 3.68. The van der Waals surface area contributed by atoms with Crippen LogP contribution in [0.1, 0.15) is 22.8 Å². The molecule has 11 heteroatoms. The van der Waals surface area contributed by atoms with Crippen molar-refractivity contribution >= 4 is 43.5 Å². The third kappa shape index (κ3) is 5.85. The molecule has 0 spiro atoms. The van der Waals surface area contributed by atoms with E-state index in [0.29, 0.717) is 4.70 Å². The molecule has 37 heavy (non-hydrogen) atoms. The molecule has 1 aromatic heterocycles. The molecule has 0 bridgehead atoms. The van der Waals surface area contributed by atoms with E-state index in [1.54, 1.807) is 13.0 Å². The van der Waals surface area contributed by atoms with Crippen LogP contribution in [0.2, 0.25) is 0 Å². The number of nitrogens with zero attached hydrogens (tertiary/aromatic N) is 3. The van der Waals surface area contributed by atoms with E-state index in [4.69, 9.17) is 4.74 Å². The summed E-state index contributed by atoms with van der Waals surface area (Å²) in [6.07, 6.45) is 0. The molecular weight excluding hydrogens is 517 g/mol. The molecule has 0 aliphatic rings. The normalized spacial score (nSPS) is 12.3. The third-order valence-corrected chi connectivity index (χ3v) is 8.36. The summed E-state index contributed by atoms with van der Waals surface area (Å²) in [6.45, 7) is 1.70. The van der Waals surface area contributed by atoms with E-state index in [9.17, 15) is 22.4 Å². The van der Waals surface area contributed by atoms with Crippen molar-refractivity contribution in [1.29, 1.82) is 0 Å². The first kappa shape index (κ1) is 26.4. The summed E-state index contributed by atoms with van der Waals surface area (Å²) in [7, 11) is -2.30. The van der Waals surface area contributed by atoms with Gasteiger partial charge in [-0.3, -0.25) is 9.59 Å². The number of carbonyl (C=O) groups is 2. The van der Waals surface area contributed by atoms with E-state index in [2.05, 4.69) is 4.99 Å². The Morgan fingerprint density at radius 3 is 2.41 bits per heavy atom. The molecule has 0 fully saturated rings. The Morgan fingerprint density at radius 2 is 1.73 bits per heavy atom. The van der Waals surface area contributed by atoms with Crippen molar-refractivity contribution in [3.8, 4) is 0 Å². The Labute approximate surface area is 217 Å². The molecule has 8 nitrogen and oxygen atoms in total. The minimum absolute atomic E-state index is 0.0313. The highest BCUT2D eigenvalue weighted by Gasteiger charge is 2.21. The standard InChI is InChI=1S/C26H24FN3O5S2/c1-3-35-23(31)17-30-24-21(27)10-7-11-22(24)36-26(30)28-25(32)19-12-14-20(15-13-19)37(33,34)29(2)16-18-8-5-4-6-9-18/h4-15H,3,16-17H2,1-2H3. The van der Waals surface area contributed by atoms with Crippen LogP contribution >= 0.6 is 11.3 Å². The van der Waals surface area contributed by atoms with Gasteiger partial charge in [-0.05, 0) is 48.9 Å². The summed E-state index contributed by atoms with van der Waals surface area (Å²) in [6, 6.07) is 19.1. The second-order valence-electron chi connectivity index (χ2n) is 8.05. The Bertz CT molecular complexity index is 1610. The summed E-state index contributed by atoms with van der Waals surface area (Å²) >= 11 is 1.06.